The number of hydrogen-bond acceptors (Lipinski definition) is 9. The Morgan fingerprint density at radius 1 is 0.900 bits per heavy atom. The molecule has 0 aromatic heterocycles. The summed E-state index contributed by atoms with van der Waals surface area (Å²) in [7, 11) is 0. The molecule has 0 aromatic rings. The van der Waals surface area contributed by atoms with E-state index in [0.717, 1.165) is 0 Å². The van der Waals surface area contributed by atoms with Gasteiger partial charge in [0.05, 0.1) is 12.2 Å². The number of aliphatic hydroxyl groups excluding tert-OH is 2. The monoisotopic (exact) mass is 451 g/mol. The van der Waals surface area contributed by atoms with Gasteiger partial charge in [-0.15, -0.1) is 0 Å². The predicted molar refractivity (Wildman–Crippen MR) is 112 cm³/mol. The largest absolute Gasteiger partial charge is 0.480 e. The van der Waals surface area contributed by atoms with Gasteiger partial charge in [0.25, 0.3) is 0 Å². The summed E-state index contributed by atoms with van der Waals surface area (Å²) in [6.07, 6.45) is -1.32. The Bertz CT molecular complexity index is 591. The molecule has 0 spiro atoms. The number of thiol groups is 1. The van der Waals surface area contributed by atoms with Crippen molar-refractivity contribution in [3.8, 4) is 0 Å². The lowest BCUT2D eigenvalue weighted by molar-refractivity contribution is -0.145. The van der Waals surface area contributed by atoms with E-state index in [1.54, 1.807) is 0 Å². The highest BCUT2D eigenvalue weighted by Crippen LogP contribution is 2.04. The summed E-state index contributed by atoms with van der Waals surface area (Å²) >= 11 is 4.01. The van der Waals surface area contributed by atoms with E-state index < -0.39 is 60.1 Å². The number of aliphatic hydroxyl groups is 2. The standard InChI is InChI=1S/C17H33N5O7S/c1-8(23)12(19)16(27)21-11(7-30)15(26)20-10(5-3-4-6-18)14(25)22-13(9(2)24)17(28)29/h8-13,23-24,30H,3-7,18-19H2,1-2H3,(H,20,26)(H,21,27)(H,22,25)(H,28,29). The molecule has 0 aliphatic rings. The molecule has 0 aliphatic carbocycles. The third-order valence-electron chi connectivity index (χ3n) is 4.26. The smallest absolute Gasteiger partial charge is 0.328 e. The van der Waals surface area contributed by atoms with Crippen LogP contribution in [-0.2, 0) is 19.2 Å². The van der Waals surface area contributed by atoms with Crippen LogP contribution in [0.5, 0.6) is 0 Å². The van der Waals surface area contributed by atoms with Crippen LogP contribution in [-0.4, -0.2) is 87.7 Å². The average molecular weight is 452 g/mol. The molecular formula is C17H33N5O7S. The lowest BCUT2D eigenvalue weighted by atomic mass is 10.1. The molecule has 6 unspecified atom stereocenters. The quantitative estimate of drug-likeness (QED) is 0.0951. The first-order chi connectivity index (χ1) is 14.0. The molecule has 0 aromatic carbocycles. The van der Waals surface area contributed by atoms with Gasteiger partial charge in [-0.1, -0.05) is 0 Å². The van der Waals surface area contributed by atoms with Crippen LogP contribution in [0.15, 0.2) is 0 Å². The van der Waals surface area contributed by atoms with E-state index in [1.807, 2.05) is 0 Å². The van der Waals surface area contributed by atoms with Gasteiger partial charge < -0.3 is 42.7 Å². The van der Waals surface area contributed by atoms with Crippen LogP contribution in [0.1, 0.15) is 33.1 Å². The van der Waals surface area contributed by atoms with Gasteiger partial charge in [0, 0.05) is 5.75 Å². The second-order valence-electron chi connectivity index (χ2n) is 6.92. The van der Waals surface area contributed by atoms with Gasteiger partial charge in [-0.25, -0.2) is 4.79 Å². The molecule has 0 saturated heterocycles. The summed E-state index contributed by atoms with van der Waals surface area (Å²) in [5.41, 5.74) is 11.0. The topological polar surface area (TPSA) is 217 Å². The van der Waals surface area contributed by atoms with Crippen molar-refractivity contribution >= 4 is 36.3 Å². The van der Waals surface area contributed by atoms with Crippen molar-refractivity contribution in [2.75, 3.05) is 12.3 Å². The number of carboxylic acid groups (broad SMARTS) is 1. The molecule has 13 heteroatoms. The van der Waals surface area contributed by atoms with E-state index in [9.17, 15) is 29.4 Å². The summed E-state index contributed by atoms with van der Waals surface area (Å²) in [5, 5.41) is 35.0. The number of nitrogens with one attached hydrogen (secondary N) is 3. The molecule has 0 rings (SSSR count). The number of carbonyl (C=O) groups excluding carboxylic acids is 3. The van der Waals surface area contributed by atoms with Crippen molar-refractivity contribution in [1.82, 2.24) is 16.0 Å². The number of aliphatic carboxylic acids is 1. The van der Waals surface area contributed by atoms with E-state index >= 15 is 0 Å². The highest BCUT2D eigenvalue weighted by molar-refractivity contribution is 7.80. The maximum absolute atomic E-state index is 12.6. The van der Waals surface area contributed by atoms with Gasteiger partial charge in [-0.2, -0.15) is 12.6 Å². The fourth-order valence-corrected chi connectivity index (χ4v) is 2.61. The summed E-state index contributed by atoms with van der Waals surface area (Å²) in [6, 6.07) is -5.10. The zero-order valence-electron chi connectivity index (χ0n) is 17.1. The molecule has 174 valence electrons. The Labute approximate surface area is 180 Å². The molecule has 0 fully saturated rings. The number of rotatable bonds is 14. The fraction of sp³-hybridized carbons (Fsp3) is 0.765. The first-order valence-corrected chi connectivity index (χ1v) is 10.2. The minimum absolute atomic E-state index is 0.118. The predicted octanol–water partition coefficient (Wildman–Crippen LogP) is -3.33. The van der Waals surface area contributed by atoms with Gasteiger partial charge in [0.1, 0.15) is 18.1 Å². The fourth-order valence-electron chi connectivity index (χ4n) is 2.36. The van der Waals surface area contributed by atoms with E-state index in [-0.39, 0.29) is 12.2 Å². The van der Waals surface area contributed by atoms with Crippen LogP contribution in [0, 0.1) is 0 Å². The van der Waals surface area contributed by atoms with Crippen LogP contribution in [0.2, 0.25) is 0 Å². The molecule has 0 saturated carbocycles. The summed E-state index contributed by atoms with van der Waals surface area (Å²) in [5.74, 6) is -3.87. The summed E-state index contributed by atoms with van der Waals surface area (Å²) in [6.45, 7) is 2.89. The van der Waals surface area contributed by atoms with Crippen molar-refractivity contribution < 1.29 is 34.5 Å². The Morgan fingerprint density at radius 3 is 1.87 bits per heavy atom. The molecule has 6 atom stereocenters. The van der Waals surface area contributed by atoms with E-state index in [0.29, 0.717) is 19.4 Å². The van der Waals surface area contributed by atoms with Gasteiger partial charge >= 0.3 is 5.97 Å². The number of amides is 3. The minimum Gasteiger partial charge on any atom is -0.480 e. The molecule has 10 N–H and O–H groups in total. The van der Waals surface area contributed by atoms with Crippen LogP contribution < -0.4 is 27.4 Å². The van der Waals surface area contributed by atoms with Gasteiger partial charge in [0.2, 0.25) is 17.7 Å². The number of nitrogens with two attached hydrogens (primary N) is 2. The highest BCUT2D eigenvalue weighted by atomic mass is 32.1. The Hall–Kier alpha value is -1.93. The number of unbranched alkanes of at least 4 members (excludes halogenated alkanes) is 1. The molecule has 12 nitrogen and oxygen atoms in total. The van der Waals surface area contributed by atoms with Gasteiger partial charge in [-0.05, 0) is 39.7 Å². The van der Waals surface area contributed by atoms with Crippen molar-refractivity contribution in [3.05, 3.63) is 0 Å². The number of carboxylic acids is 1. The molecule has 3 amide bonds. The molecule has 0 bridgehead atoms. The normalized spacial score (nSPS) is 17.0. The van der Waals surface area contributed by atoms with E-state index in [2.05, 4.69) is 28.6 Å². The molecular weight excluding hydrogens is 418 g/mol. The Morgan fingerprint density at radius 2 is 1.43 bits per heavy atom. The van der Waals surface area contributed by atoms with Crippen LogP contribution in [0.3, 0.4) is 0 Å². The van der Waals surface area contributed by atoms with E-state index in [1.165, 1.54) is 13.8 Å². The number of carbonyl (C=O) groups is 4. The lowest BCUT2D eigenvalue weighted by Gasteiger charge is -2.25. The second kappa shape index (κ2) is 14.1. The van der Waals surface area contributed by atoms with Crippen molar-refractivity contribution in [3.63, 3.8) is 0 Å². The maximum atomic E-state index is 12.6. The zero-order valence-corrected chi connectivity index (χ0v) is 18.0. The van der Waals surface area contributed by atoms with Gasteiger partial charge in [0.15, 0.2) is 6.04 Å². The zero-order chi connectivity index (χ0) is 23.4. The van der Waals surface area contributed by atoms with Gasteiger partial charge in [-0.3, -0.25) is 14.4 Å². The van der Waals surface area contributed by atoms with Crippen molar-refractivity contribution in [1.29, 1.82) is 0 Å². The third kappa shape index (κ3) is 9.71. The molecule has 0 aliphatic heterocycles. The lowest BCUT2D eigenvalue weighted by Crippen LogP contribution is -2.59. The average Bonchev–Trinajstić information content (AvgIpc) is 2.67. The second-order valence-corrected chi connectivity index (χ2v) is 7.29. The first-order valence-electron chi connectivity index (χ1n) is 9.52. The van der Waals surface area contributed by atoms with Crippen LogP contribution >= 0.6 is 12.6 Å². The summed E-state index contributed by atoms with van der Waals surface area (Å²) < 4.78 is 0. The first kappa shape index (κ1) is 28.1. The third-order valence-corrected chi connectivity index (χ3v) is 4.63. The minimum atomic E-state index is -1.56. The Kier molecular flexibility index (Phi) is 13.2. The maximum Gasteiger partial charge on any atom is 0.328 e. The molecule has 30 heavy (non-hydrogen) atoms. The van der Waals surface area contributed by atoms with Crippen molar-refractivity contribution in [2.45, 2.75) is 69.5 Å². The van der Waals surface area contributed by atoms with Crippen LogP contribution in [0.4, 0.5) is 0 Å². The molecule has 0 radical (unpaired) electrons. The van der Waals surface area contributed by atoms with Crippen molar-refractivity contribution in [2.24, 2.45) is 11.5 Å². The molecule has 0 heterocycles. The summed E-state index contributed by atoms with van der Waals surface area (Å²) in [4.78, 5) is 48.3. The number of hydrogen-bond donors (Lipinski definition) is 9. The van der Waals surface area contributed by atoms with Crippen LogP contribution in [0.25, 0.3) is 0 Å². The highest BCUT2D eigenvalue weighted by Gasteiger charge is 2.31. The SMILES string of the molecule is CC(O)C(N)C(=O)NC(CS)C(=O)NC(CCCCN)C(=O)NC(C(=O)O)C(C)O. The van der Waals surface area contributed by atoms with E-state index in [4.69, 9.17) is 16.6 Å². The Balaban J connectivity index is 5.27.